The van der Waals surface area contributed by atoms with Crippen molar-refractivity contribution in [2.75, 3.05) is 0 Å². The molecule has 0 saturated carbocycles. The quantitative estimate of drug-likeness (QED) is 0.110. The van der Waals surface area contributed by atoms with Crippen molar-refractivity contribution in [3.63, 3.8) is 0 Å². The molecule has 1 atom stereocenters. The van der Waals surface area contributed by atoms with Crippen LogP contribution in [-0.2, 0) is 0 Å². The maximum absolute atomic E-state index is 2.61. The minimum absolute atomic E-state index is 0.543. The first kappa shape index (κ1) is 26.3. The lowest BCUT2D eigenvalue weighted by Crippen LogP contribution is -1.94. The fourth-order valence-corrected chi connectivity index (χ4v) is 14.3. The van der Waals surface area contributed by atoms with Gasteiger partial charge < -0.3 is 0 Å². The van der Waals surface area contributed by atoms with Gasteiger partial charge in [-0.1, -0.05) is 73.7 Å². The molecule has 4 heteroatoms. The van der Waals surface area contributed by atoms with Gasteiger partial charge in [-0.3, -0.25) is 0 Å². The molecule has 4 heterocycles. The molecule has 0 saturated heterocycles. The Hall–Kier alpha value is -4.58. The van der Waals surface area contributed by atoms with Crippen LogP contribution in [0.2, 0.25) is 0 Å². The maximum Gasteiger partial charge on any atom is 0.0440 e. The first-order valence-electron chi connectivity index (χ1n) is 17.0. The van der Waals surface area contributed by atoms with Crippen LogP contribution < -0.4 is 0 Å². The van der Waals surface area contributed by atoms with Crippen molar-refractivity contribution in [1.29, 1.82) is 0 Å². The predicted octanol–water partition coefficient (Wildman–Crippen LogP) is 15.6. The first-order chi connectivity index (χ1) is 24.2. The van der Waals surface area contributed by atoms with Crippen molar-refractivity contribution < 1.29 is 0 Å². The summed E-state index contributed by atoms with van der Waals surface area (Å²) in [5.74, 6) is 0.543. The molecule has 8 aromatic carbocycles. The molecule has 1 aliphatic rings. The van der Waals surface area contributed by atoms with Crippen LogP contribution in [0.3, 0.4) is 0 Å². The summed E-state index contributed by atoms with van der Waals surface area (Å²) in [6, 6.07) is 37.4. The van der Waals surface area contributed by atoms with Crippen LogP contribution >= 0.6 is 45.3 Å². The van der Waals surface area contributed by atoms with E-state index in [0.717, 1.165) is 6.42 Å². The lowest BCUT2D eigenvalue weighted by molar-refractivity contribution is 0.791. The van der Waals surface area contributed by atoms with Crippen LogP contribution in [0.25, 0.3) is 120 Å². The minimum Gasteiger partial charge on any atom is -0.139 e. The predicted molar refractivity (Wildman–Crippen MR) is 224 cm³/mol. The van der Waals surface area contributed by atoms with E-state index >= 15 is 0 Å². The van der Waals surface area contributed by atoms with Gasteiger partial charge in [0, 0.05) is 108 Å². The van der Waals surface area contributed by atoms with E-state index in [-0.39, 0.29) is 0 Å². The second kappa shape index (κ2) is 8.95. The van der Waals surface area contributed by atoms with Gasteiger partial charge in [0.1, 0.15) is 0 Å². The summed E-state index contributed by atoms with van der Waals surface area (Å²) in [7, 11) is 0. The molecule has 0 bridgehead atoms. The van der Waals surface area contributed by atoms with E-state index in [9.17, 15) is 0 Å². The number of allylic oxidation sites excluding steroid dienone is 1. The molecule has 13 rings (SSSR count). The summed E-state index contributed by atoms with van der Waals surface area (Å²) in [6.45, 7) is 2.41. The van der Waals surface area contributed by atoms with Crippen LogP contribution in [0.15, 0.2) is 103 Å². The highest BCUT2D eigenvalue weighted by Crippen LogP contribution is 2.56. The Kier molecular flexibility index (Phi) is 4.81. The molecule has 0 amide bonds. The number of fused-ring (bicyclic) bond motifs is 18. The largest absolute Gasteiger partial charge is 0.139 e. The van der Waals surface area contributed by atoms with Crippen molar-refractivity contribution in [1.82, 2.24) is 0 Å². The van der Waals surface area contributed by atoms with Crippen molar-refractivity contribution >= 4 is 165 Å². The van der Waals surface area contributed by atoms with E-state index in [4.69, 9.17) is 0 Å². The van der Waals surface area contributed by atoms with Gasteiger partial charge in [0.25, 0.3) is 0 Å². The fraction of sp³-hybridized carbons (Fsp3) is 0.0667. The molecule has 228 valence electrons. The molecule has 4 aromatic heterocycles. The molecule has 0 N–H and O–H groups in total. The van der Waals surface area contributed by atoms with Crippen LogP contribution in [0.1, 0.15) is 29.7 Å². The summed E-state index contributed by atoms with van der Waals surface area (Å²) >= 11 is 7.97. The molecular formula is C45H24S4. The number of thiophene rings is 4. The van der Waals surface area contributed by atoms with E-state index in [1.807, 2.05) is 45.3 Å². The molecule has 0 aliphatic heterocycles. The Morgan fingerprint density at radius 3 is 1.45 bits per heavy atom. The number of hydrogen-bond donors (Lipinski definition) is 0. The van der Waals surface area contributed by atoms with Gasteiger partial charge in [-0.2, -0.15) is 0 Å². The third-order valence-corrected chi connectivity index (χ3v) is 16.5. The highest BCUT2D eigenvalue weighted by atomic mass is 32.1. The van der Waals surface area contributed by atoms with E-state index < -0.39 is 0 Å². The lowest BCUT2D eigenvalue weighted by Gasteiger charge is -2.18. The molecule has 1 unspecified atom stereocenters. The maximum atomic E-state index is 2.61. The highest BCUT2D eigenvalue weighted by Gasteiger charge is 2.27. The van der Waals surface area contributed by atoms with E-state index in [0.29, 0.717) is 5.92 Å². The molecule has 0 nitrogen and oxygen atoms in total. The molecule has 0 spiro atoms. The SMILES string of the molecule is CC1CC=Cc2c1sc1c2cc2c3c1cc1c4ccccc4sc1c3c1cc3c4ccccc4sc3c3cc4c5ccccc5sc4c2c31. The van der Waals surface area contributed by atoms with Gasteiger partial charge in [-0.05, 0) is 71.1 Å². The Morgan fingerprint density at radius 1 is 0.429 bits per heavy atom. The standard InChI is InChI=1S/C45H24S4/c1-21-9-8-13-25-29-18-31-38-33(43(29)49-41(21)25)20-28-24-12-4-7-16-36(24)48-45(28)39(38)30-17-26-22-10-2-5-14-34(22)46-42(26)32-19-27-23-11-3-6-15-35(23)47-44(27)40(31)37(30)32/h2-8,10-21H,9H2,1H3. The average Bonchev–Trinajstić information content (AvgIpc) is 3.90. The van der Waals surface area contributed by atoms with Gasteiger partial charge in [0.15, 0.2) is 0 Å². The van der Waals surface area contributed by atoms with Gasteiger partial charge in [0.05, 0.1) is 0 Å². The van der Waals surface area contributed by atoms with Gasteiger partial charge in [-0.15, -0.1) is 45.3 Å². The van der Waals surface area contributed by atoms with Crippen molar-refractivity contribution in [3.8, 4) is 0 Å². The van der Waals surface area contributed by atoms with Crippen molar-refractivity contribution in [2.45, 2.75) is 19.3 Å². The van der Waals surface area contributed by atoms with Crippen LogP contribution in [-0.4, -0.2) is 0 Å². The zero-order valence-corrected chi connectivity index (χ0v) is 29.6. The Morgan fingerprint density at radius 2 is 0.878 bits per heavy atom. The van der Waals surface area contributed by atoms with Crippen LogP contribution in [0.5, 0.6) is 0 Å². The molecule has 0 radical (unpaired) electrons. The fourth-order valence-electron chi connectivity index (χ4n) is 9.24. The average molecular weight is 693 g/mol. The van der Waals surface area contributed by atoms with Gasteiger partial charge in [-0.25, -0.2) is 0 Å². The topological polar surface area (TPSA) is 0 Å². The molecule has 0 fully saturated rings. The van der Waals surface area contributed by atoms with Gasteiger partial charge >= 0.3 is 0 Å². The molecule has 49 heavy (non-hydrogen) atoms. The number of rotatable bonds is 0. The normalized spacial score (nSPS) is 15.5. The van der Waals surface area contributed by atoms with E-state index in [1.54, 1.807) is 4.88 Å². The zero-order chi connectivity index (χ0) is 31.7. The summed E-state index contributed by atoms with van der Waals surface area (Å²) in [6.07, 6.45) is 5.93. The lowest BCUT2D eigenvalue weighted by atomic mass is 9.85. The Balaban J connectivity index is 1.43. The Bertz CT molecular complexity index is 3490. The Labute approximate surface area is 296 Å². The second-order valence-corrected chi connectivity index (χ2v) is 18.1. The van der Waals surface area contributed by atoms with Crippen LogP contribution in [0.4, 0.5) is 0 Å². The first-order valence-corrected chi connectivity index (χ1v) is 20.2. The zero-order valence-electron chi connectivity index (χ0n) is 26.3. The minimum atomic E-state index is 0.543. The number of hydrogen-bond acceptors (Lipinski definition) is 4. The summed E-state index contributed by atoms with van der Waals surface area (Å²) in [5, 5.41) is 21.1. The highest BCUT2D eigenvalue weighted by molar-refractivity contribution is 7.28. The van der Waals surface area contributed by atoms with Crippen molar-refractivity contribution in [3.05, 3.63) is 114 Å². The molecule has 1 aliphatic carbocycles. The van der Waals surface area contributed by atoms with E-state index in [2.05, 4.69) is 116 Å². The molecule has 12 aromatic rings. The number of benzene rings is 8. The smallest absolute Gasteiger partial charge is 0.0440 e. The monoisotopic (exact) mass is 692 g/mol. The molecular weight excluding hydrogens is 669 g/mol. The second-order valence-electron chi connectivity index (χ2n) is 13.9. The third-order valence-electron chi connectivity index (χ3n) is 11.3. The van der Waals surface area contributed by atoms with Crippen molar-refractivity contribution in [2.24, 2.45) is 0 Å². The van der Waals surface area contributed by atoms with E-state index in [1.165, 1.54) is 119 Å². The summed E-state index contributed by atoms with van der Waals surface area (Å²) in [5.41, 5.74) is 1.44. The summed E-state index contributed by atoms with van der Waals surface area (Å²) < 4.78 is 9.80. The van der Waals surface area contributed by atoms with Crippen LogP contribution in [0, 0.1) is 0 Å². The van der Waals surface area contributed by atoms with Gasteiger partial charge in [0.2, 0.25) is 0 Å². The third kappa shape index (κ3) is 3.12. The summed E-state index contributed by atoms with van der Waals surface area (Å²) in [4.78, 5) is 1.54.